The molecule has 1 aliphatic carbocycles. The summed E-state index contributed by atoms with van der Waals surface area (Å²) >= 11 is 0. The standard InChI is InChI=1S/C11H19NO2/c1-3-9(11(13)14-2)7-8-12-10-5-4-6-10/h7,10,12H,3-6,8H2,1-2H3. The highest BCUT2D eigenvalue weighted by molar-refractivity contribution is 5.88. The molecular formula is C11H19NO2. The zero-order chi connectivity index (χ0) is 10.4. The predicted molar refractivity (Wildman–Crippen MR) is 56.0 cm³/mol. The van der Waals surface area contributed by atoms with Gasteiger partial charge in [0.1, 0.15) is 0 Å². The van der Waals surface area contributed by atoms with Gasteiger partial charge in [-0.3, -0.25) is 0 Å². The van der Waals surface area contributed by atoms with Gasteiger partial charge in [0.25, 0.3) is 0 Å². The van der Waals surface area contributed by atoms with Gasteiger partial charge < -0.3 is 10.1 Å². The summed E-state index contributed by atoms with van der Waals surface area (Å²) in [6, 6.07) is 0.669. The maximum absolute atomic E-state index is 11.2. The van der Waals surface area contributed by atoms with Gasteiger partial charge in [-0.1, -0.05) is 19.4 Å². The Labute approximate surface area is 85.5 Å². The number of methoxy groups -OCH3 is 1. The topological polar surface area (TPSA) is 38.3 Å². The molecule has 0 aromatic carbocycles. The normalized spacial score (nSPS) is 17.7. The number of hydrogen-bond donors (Lipinski definition) is 1. The van der Waals surface area contributed by atoms with Crippen LogP contribution >= 0.6 is 0 Å². The fourth-order valence-corrected chi connectivity index (χ4v) is 1.46. The molecule has 0 saturated heterocycles. The van der Waals surface area contributed by atoms with Crippen LogP contribution in [0.1, 0.15) is 32.6 Å². The Morgan fingerprint density at radius 1 is 1.57 bits per heavy atom. The molecule has 1 aliphatic rings. The molecule has 0 aliphatic heterocycles. The molecular weight excluding hydrogens is 178 g/mol. The van der Waals surface area contributed by atoms with Crippen molar-refractivity contribution in [1.29, 1.82) is 0 Å². The minimum absolute atomic E-state index is 0.206. The van der Waals surface area contributed by atoms with E-state index in [-0.39, 0.29) is 5.97 Å². The average Bonchev–Trinajstić information content (AvgIpc) is 2.14. The van der Waals surface area contributed by atoms with Gasteiger partial charge >= 0.3 is 5.97 Å². The maximum atomic E-state index is 11.2. The van der Waals surface area contributed by atoms with Crippen LogP contribution in [0.3, 0.4) is 0 Å². The van der Waals surface area contributed by atoms with Gasteiger partial charge in [-0.05, 0) is 19.3 Å². The first kappa shape index (κ1) is 11.2. The largest absolute Gasteiger partial charge is 0.466 e. The Kier molecular flexibility index (Phi) is 4.66. The first-order valence-electron chi connectivity index (χ1n) is 5.28. The summed E-state index contributed by atoms with van der Waals surface area (Å²) in [4.78, 5) is 11.2. The van der Waals surface area contributed by atoms with Crippen molar-refractivity contribution in [2.75, 3.05) is 13.7 Å². The Bertz CT molecular complexity index is 219. The first-order chi connectivity index (χ1) is 6.77. The number of esters is 1. The summed E-state index contributed by atoms with van der Waals surface area (Å²) in [5, 5.41) is 3.38. The first-order valence-corrected chi connectivity index (χ1v) is 5.28. The molecule has 0 aromatic rings. The van der Waals surface area contributed by atoms with E-state index in [2.05, 4.69) is 10.1 Å². The highest BCUT2D eigenvalue weighted by Crippen LogP contribution is 2.17. The van der Waals surface area contributed by atoms with Crippen LogP contribution in [0.4, 0.5) is 0 Å². The lowest BCUT2D eigenvalue weighted by Gasteiger charge is -2.25. The summed E-state index contributed by atoms with van der Waals surface area (Å²) in [6.07, 6.45) is 6.54. The minimum atomic E-state index is -0.206. The van der Waals surface area contributed by atoms with Gasteiger partial charge in [-0.25, -0.2) is 4.79 Å². The van der Waals surface area contributed by atoms with Gasteiger partial charge in [0, 0.05) is 18.2 Å². The van der Waals surface area contributed by atoms with E-state index in [9.17, 15) is 4.79 Å². The molecule has 1 N–H and O–H groups in total. The van der Waals surface area contributed by atoms with Crippen LogP contribution in [0.2, 0.25) is 0 Å². The van der Waals surface area contributed by atoms with E-state index >= 15 is 0 Å². The zero-order valence-electron chi connectivity index (χ0n) is 9.01. The van der Waals surface area contributed by atoms with E-state index in [1.807, 2.05) is 13.0 Å². The second-order valence-corrected chi connectivity index (χ2v) is 3.61. The molecule has 0 heterocycles. The van der Waals surface area contributed by atoms with Crippen LogP contribution in [0.15, 0.2) is 11.6 Å². The van der Waals surface area contributed by atoms with Crippen molar-refractivity contribution >= 4 is 5.97 Å². The van der Waals surface area contributed by atoms with Crippen molar-refractivity contribution in [2.45, 2.75) is 38.6 Å². The van der Waals surface area contributed by atoms with Gasteiger partial charge in [0.15, 0.2) is 0 Å². The van der Waals surface area contributed by atoms with Crippen LogP contribution in [-0.2, 0) is 9.53 Å². The van der Waals surface area contributed by atoms with E-state index in [0.717, 1.165) is 18.5 Å². The minimum Gasteiger partial charge on any atom is -0.466 e. The lowest BCUT2D eigenvalue weighted by atomic mass is 9.93. The lowest BCUT2D eigenvalue weighted by molar-refractivity contribution is -0.136. The highest BCUT2D eigenvalue weighted by atomic mass is 16.5. The lowest BCUT2D eigenvalue weighted by Crippen LogP contribution is -2.35. The molecule has 0 atom stereocenters. The number of rotatable bonds is 5. The summed E-state index contributed by atoms with van der Waals surface area (Å²) in [6.45, 7) is 2.75. The van der Waals surface area contributed by atoms with E-state index in [1.54, 1.807) is 0 Å². The van der Waals surface area contributed by atoms with Gasteiger partial charge in [-0.15, -0.1) is 0 Å². The third-order valence-corrected chi connectivity index (χ3v) is 2.69. The van der Waals surface area contributed by atoms with Crippen molar-refractivity contribution < 1.29 is 9.53 Å². The van der Waals surface area contributed by atoms with Crippen LogP contribution in [0.25, 0.3) is 0 Å². The number of carbonyl (C=O) groups is 1. The van der Waals surface area contributed by atoms with Crippen LogP contribution in [0.5, 0.6) is 0 Å². The maximum Gasteiger partial charge on any atom is 0.333 e. The quantitative estimate of drug-likeness (QED) is 0.538. The molecule has 0 radical (unpaired) electrons. The van der Waals surface area contributed by atoms with Crippen LogP contribution in [-0.4, -0.2) is 25.7 Å². The average molecular weight is 197 g/mol. The van der Waals surface area contributed by atoms with Crippen LogP contribution in [0, 0.1) is 0 Å². The predicted octanol–water partition coefficient (Wildman–Crippen LogP) is 1.64. The number of carbonyl (C=O) groups excluding carboxylic acids is 1. The van der Waals surface area contributed by atoms with Gasteiger partial charge in [-0.2, -0.15) is 0 Å². The second-order valence-electron chi connectivity index (χ2n) is 3.61. The van der Waals surface area contributed by atoms with Crippen LogP contribution < -0.4 is 5.32 Å². The van der Waals surface area contributed by atoms with Crippen molar-refractivity contribution in [1.82, 2.24) is 5.32 Å². The molecule has 1 saturated carbocycles. The summed E-state index contributed by atoms with van der Waals surface area (Å²) in [7, 11) is 1.42. The number of hydrogen-bond acceptors (Lipinski definition) is 3. The third kappa shape index (κ3) is 3.14. The second kappa shape index (κ2) is 5.81. The molecule has 1 fully saturated rings. The Hall–Kier alpha value is -0.830. The van der Waals surface area contributed by atoms with Gasteiger partial charge in [0.2, 0.25) is 0 Å². The molecule has 80 valence electrons. The Morgan fingerprint density at radius 3 is 2.71 bits per heavy atom. The summed E-state index contributed by atoms with van der Waals surface area (Å²) in [5.74, 6) is -0.206. The van der Waals surface area contributed by atoms with E-state index in [4.69, 9.17) is 0 Å². The summed E-state index contributed by atoms with van der Waals surface area (Å²) in [5.41, 5.74) is 0.763. The summed E-state index contributed by atoms with van der Waals surface area (Å²) < 4.78 is 4.67. The van der Waals surface area contributed by atoms with Gasteiger partial charge in [0.05, 0.1) is 7.11 Å². The molecule has 0 unspecified atom stereocenters. The zero-order valence-corrected chi connectivity index (χ0v) is 9.01. The third-order valence-electron chi connectivity index (χ3n) is 2.69. The number of ether oxygens (including phenoxy) is 1. The molecule has 0 spiro atoms. The highest BCUT2D eigenvalue weighted by Gasteiger charge is 2.15. The molecule has 3 nitrogen and oxygen atoms in total. The molecule has 0 aromatic heterocycles. The Morgan fingerprint density at radius 2 is 2.29 bits per heavy atom. The van der Waals surface area contributed by atoms with Crippen molar-refractivity contribution in [3.05, 3.63) is 11.6 Å². The molecule has 0 bridgehead atoms. The molecule has 3 heteroatoms. The smallest absolute Gasteiger partial charge is 0.333 e. The van der Waals surface area contributed by atoms with E-state index < -0.39 is 0 Å². The van der Waals surface area contributed by atoms with Crippen molar-refractivity contribution in [3.63, 3.8) is 0 Å². The van der Waals surface area contributed by atoms with E-state index in [1.165, 1.54) is 26.4 Å². The van der Waals surface area contributed by atoms with Crippen molar-refractivity contribution in [2.24, 2.45) is 0 Å². The number of nitrogens with one attached hydrogen (secondary N) is 1. The monoisotopic (exact) mass is 197 g/mol. The Balaban J connectivity index is 2.27. The fourth-order valence-electron chi connectivity index (χ4n) is 1.46. The molecule has 0 amide bonds. The van der Waals surface area contributed by atoms with E-state index in [0.29, 0.717) is 6.04 Å². The SMILES string of the molecule is CCC(=CCNC1CCC1)C(=O)OC. The van der Waals surface area contributed by atoms with Crippen molar-refractivity contribution in [3.8, 4) is 0 Å². The fraction of sp³-hybridized carbons (Fsp3) is 0.727. The molecule has 1 rings (SSSR count). The molecule has 14 heavy (non-hydrogen) atoms.